The molecule has 78 valence electrons. The van der Waals surface area contributed by atoms with Crippen molar-refractivity contribution in [3.63, 3.8) is 0 Å². The van der Waals surface area contributed by atoms with Crippen molar-refractivity contribution in [2.75, 3.05) is 26.0 Å². The Hall–Kier alpha value is -0.240. The van der Waals surface area contributed by atoms with Crippen molar-refractivity contribution < 1.29 is 0 Å². The van der Waals surface area contributed by atoms with E-state index in [-0.39, 0.29) is 5.38 Å². The first-order valence-corrected chi connectivity index (χ1v) is 5.64. The van der Waals surface area contributed by atoms with Gasteiger partial charge in [0, 0.05) is 19.0 Å². The molecule has 1 aromatic carbocycles. The maximum absolute atomic E-state index is 6.25. The fourth-order valence-electron chi connectivity index (χ4n) is 1.28. The quantitative estimate of drug-likeness (QED) is 0.705. The van der Waals surface area contributed by atoms with E-state index in [0.717, 1.165) is 18.7 Å². The highest BCUT2D eigenvalue weighted by Crippen LogP contribution is 2.20. The van der Waals surface area contributed by atoms with Gasteiger partial charge in [0.15, 0.2) is 0 Å². The smallest absolute Gasteiger partial charge is 0.0712 e. The zero-order valence-corrected chi connectivity index (χ0v) is 9.80. The molecule has 0 N–H and O–H groups in total. The van der Waals surface area contributed by atoms with Crippen LogP contribution in [0.5, 0.6) is 0 Å². The molecule has 0 aliphatic heterocycles. The van der Waals surface area contributed by atoms with Crippen LogP contribution in [0.3, 0.4) is 0 Å². The topological polar surface area (TPSA) is 3.24 Å². The van der Waals surface area contributed by atoms with Gasteiger partial charge in [0.25, 0.3) is 0 Å². The van der Waals surface area contributed by atoms with E-state index in [4.69, 9.17) is 23.2 Å². The lowest BCUT2D eigenvalue weighted by Gasteiger charge is -2.18. The number of likely N-dealkylation sites (N-methyl/N-ethyl adjacent to an activating group) is 1. The van der Waals surface area contributed by atoms with Crippen LogP contribution in [0, 0.1) is 0 Å². The first-order chi connectivity index (χ1) is 6.74. The second kappa shape index (κ2) is 6.28. The van der Waals surface area contributed by atoms with Crippen LogP contribution in [0.15, 0.2) is 30.3 Å². The molecular weight excluding hydrogens is 217 g/mol. The summed E-state index contributed by atoms with van der Waals surface area (Å²) in [5.41, 5.74) is 1.16. The highest BCUT2D eigenvalue weighted by molar-refractivity contribution is 6.21. The predicted molar refractivity (Wildman–Crippen MR) is 63.3 cm³/mol. The van der Waals surface area contributed by atoms with E-state index in [1.165, 1.54) is 0 Å². The van der Waals surface area contributed by atoms with E-state index in [2.05, 4.69) is 4.90 Å². The molecule has 0 heterocycles. The largest absolute Gasteiger partial charge is 0.303 e. The van der Waals surface area contributed by atoms with Crippen molar-refractivity contribution in [3.8, 4) is 0 Å². The summed E-state index contributed by atoms with van der Waals surface area (Å²) in [6.45, 7) is 1.70. The summed E-state index contributed by atoms with van der Waals surface area (Å²) < 4.78 is 0. The van der Waals surface area contributed by atoms with Gasteiger partial charge in [-0.05, 0) is 12.6 Å². The maximum atomic E-state index is 6.25. The molecule has 14 heavy (non-hydrogen) atoms. The molecule has 0 bridgehead atoms. The van der Waals surface area contributed by atoms with Gasteiger partial charge in [-0.25, -0.2) is 0 Å². The zero-order valence-electron chi connectivity index (χ0n) is 8.29. The number of alkyl halides is 2. The molecule has 3 heteroatoms. The zero-order chi connectivity index (χ0) is 10.4. The normalized spacial score (nSPS) is 13.1. The van der Waals surface area contributed by atoms with E-state index >= 15 is 0 Å². The number of hydrogen-bond acceptors (Lipinski definition) is 1. The molecule has 0 spiro atoms. The first-order valence-electron chi connectivity index (χ1n) is 4.67. The summed E-state index contributed by atoms with van der Waals surface area (Å²) in [5, 5.41) is 0.0458. The number of hydrogen-bond donors (Lipinski definition) is 0. The minimum Gasteiger partial charge on any atom is -0.303 e. The van der Waals surface area contributed by atoms with Gasteiger partial charge in [0.05, 0.1) is 5.38 Å². The van der Waals surface area contributed by atoms with Crippen molar-refractivity contribution >= 4 is 23.2 Å². The fraction of sp³-hybridized carbons (Fsp3) is 0.455. The number of halogens is 2. The Bertz CT molecular complexity index is 251. The van der Waals surface area contributed by atoms with Crippen molar-refractivity contribution in [2.45, 2.75) is 5.38 Å². The fourth-order valence-corrected chi connectivity index (χ4v) is 1.95. The van der Waals surface area contributed by atoms with Gasteiger partial charge >= 0.3 is 0 Å². The summed E-state index contributed by atoms with van der Waals surface area (Å²) in [5.74, 6) is 0.648. The SMILES string of the molecule is CN(CCCl)C[C@@H](Cl)c1ccccc1. The summed E-state index contributed by atoms with van der Waals surface area (Å²) >= 11 is 11.9. The Labute approximate surface area is 95.6 Å². The second-order valence-corrected chi connectivity index (χ2v) is 4.23. The van der Waals surface area contributed by atoms with Crippen LogP contribution in [-0.4, -0.2) is 30.9 Å². The molecule has 1 aromatic rings. The Morgan fingerprint density at radius 1 is 1.29 bits per heavy atom. The van der Waals surface area contributed by atoms with E-state index < -0.39 is 0 Å². The van der Waals surface area contributed by atoms with Crippen molar-refractivity contribution in [1.82, 2.24) is 4.90 Å². The van der Waals surface area contributed by atoms with Crippen molar-refractivity contribution in [3.05, 3.63) is 35.9 Å². The molecule has 0 radical (unpaired) electrons. The molecule has 0 unspecified atom stereocenters. The van der Waals surface area contributed by atoms with Gasteiger partial charge in [0.2, 0.25) is 0 Å². The van der Waals surface area contributed by atoms with E-state index in [9.17, 15) is 0 Å². The van der Waals surface area contributed by atoms with E-state index in [1.54, 1.807) is 0 Å². The Morgan fingerprint density at radius 3 is 2.50 bits per heavy atom. The van der Waals surface area contributed by atoms with Gasteiger partial charge in [-0.15, -0.1) is 23.2 Å². The average Bonchev–Trinajstić information content (AvgIpc) is 2.19. The summed E-state index contributed by atoms with van der Waals surface area (Å²) in [7, 11) is 2.03. The van der Waals surface area contributed by atoms with Gasteiger partial charge in [-0.2, -0.15) is 0 Å². The lowest BCUT2D eigenvalue weighted by Crippen LogP contribution is -2.24. The van der Waals surface area contributed by atoms with Gasteiger partial charge in [0.1, 0.15) is 0 Å². The van der Waals surface area contributed by atoms with Crippen LogP contribution in [0.4, 0.5) is 0 Å². The number of nitrogens with zero attached hydrogens (tertiary/aromatic N) is 1. The summed E-state index contributed by atoms with van der Waals surface area (Å²) in [6.07, 6.45) is 0. The number of rotatable bonds is 5. The lowest BCUT2D eigenvalue weighted by molar-refractivity contribution is 0.355. The van der Waals surface area contributed by atoms with Crippen LogP contribution >= 0.6 is 23.2 Å². The molecule has 0 aliphatic carbocycles. The van der Waals surface area contributed by atoms with Crippen molar-refractivity contribution in [2.24, 2.45) is 0 Å². The van der Waals surface area contributed by atoms with Gasteiger partial charge < -0.3 is 4.90 Å². The minimum absolute atomic E-state index is 0.0458. The summed E-state index contributed by atoms with van der Waals surface area (Å²) in [4.78, 5) is 2.14. The second-order valence-electron chi connectivity index (χ2n) is 3.33. The predicted octanol–water partition coefficient (Wildman–Crippen LogP) is 3.14. The Kier molecular flexibility index (Phi) is 5.31. The molecule has 0 aromatic heterocycles. The Balaban J connectivity index is 2.46. The highest BCUT2D eigenvalue weighted by Gasteiger charge is 2.09. The van der Waals surface area contributed by atoms with Crippen LogP contribution in [0.2, 0.25) is 0 Å². The first kappa shape index (κ1) is 11.8. The third kappa shape index (κ3) is 3.87. The molecule has 0 saturated heterocycles. The Morgan fingerprint density at radius 2 is 1.93 bits per heavy atom. The highest BCUT2D eigenvalue weighted by atomic mass is 35.5. The summed E-state index contributed by atoms with van der Waals surface area (Å²) in [6, 6.07) is 10.1. The average molecular weight is 232 g/mol. The standard InChI is InChI=1S/C11H15Cl2N/c1-14(8-7-12)9-11(13)10-5-3-2-4-6-10/h2-6,11H,7-9H2,1H3/t11-/m1/s1. The number of benzene rings is 1. The molecule has 1 rings (SSSR count). The van der Waals surface area contributed by atoms with Crippen LogP contribution in [-0.2, 0) is 0 Å². The molecule has 0 saturated carbocycles. The van der Waals surface area contributed by atoms with Crippen LogP contribution in [0.25, 0.3) is 0 Å². The van der Waals surface area contributed by atoms with Crippen LogP contribution in [0.1, 0.15) is 10.9 Å². The lowest BCUT2D eigenvalue weighted by atomic mass is 10.1. The van der Waals surface area contributed by atoms with Crippen LogP contribution < -0.4 is 0 Å². The molecule has 1 nitrogen and oxygen atoms in total. The molecule has 0 fully saturated rings. The minimum atomic E-state index is 0.0458. The maximum Gasteiger partial charge on any atom is 0.0712 e. The van der Waals surface area contributed by atoms with E-state index in [0.29, 0.717) is 5.88 Å². The third-order valence-electron chi connectivity index (χ3n) is 2.10. The van der Waals surface area contributed by atoms with E-state index in [1.807, 2.05) is 37.4 Å². The third-order valence-corrected chi connectivity index (χ3v) is 2.66. The van der Waals surface area contributed by atoms with Gasteiger partial charge in [-0.1, -0.05) is 30.3 Å². The van der Waals surface area contributed by atoms with Gasteiger partial charge in [-0.3, -0.25) is 0 Å². The molecule has 0 aliphatic rings. The molecular formula is C11H15Cl2N. The van der Waals surface area contributed by atoms with Crippen molar-refractivity contribution in [1.29, 1.82) is 0 Å². The molecule has 1 atom stereocenters. The monoisotopic (exact) mass is 231 g/mol. The molecule has 0 amide bonds.